The summed E-state index contributed by atoms with van der Waals surface area (Å²) in [6, 6.07) is 19.1. The minimum Gasteiger partial charge on any atom is -0.481 e. The summed E-state index contributed by atoms with van der Waals surface area (Å²) >= 11 is 1.63. The van der Waals surface area contributed by atoms with Crippen LogP contribution in [0.5, 0.6) is 0 Å². The molecule has 1 N–H and O–H groups in total. The third-order valence-electron chi connectivity index (χ3n) is 5.71. The molecule has 0 saturated heterocycles. The van der Waals surface area contributed by atoms with E-state index in [9.17, 15) is 9.90 Å². The molecule has 0 aliphatic heterocycles. The molecule has 31 heavy (non-hydrogen) atoms. The van der Waals surface area contributed by atoms with Gasteiger partial charge in [0.25, 0.3) is 0 Å². The van der Waals surface area contributed by atoms with Crippen LogP contribution in [-0.4, -0.2) is 11.1 Å². The van der Waals surface area contributed by atoms with Crippen LogP contribution in [-0.2, 0) is 11.2 Å². The molecule has 1 unspecified atom stereocenters. The highest BCUT2D eigenvalue weighted by Crippen LogP contribution is 2.45. The number of aliphatic carboxylic acids is 1. The zero-order chi connectivity index (χ0) is 22.6. The van der Waals surface area contributed by atoms with Crippen LogP contribution in [0.2, 0.25) is 0 Å². The Labute approximate surface area is 191 Å². The Morgan fingerprint density at radius 3 is 2.35 bits per heavy atom. The molecule has 164 valence electrons. The molecule has 0 amide bonds. The van der Waals surface area contributed by atoms with Gasteiger partial charge in [0.2, 0.25) is 0 Å². The van der Waals surface area contributed by atoms with Crippen LogP contribution in [0.15, 0.2) is 54.6 Å². The SMILES string of the molecule is CCCCc1cc(-c2cc(-c3ccccc3)sc2C(CC(C)(C)C)C(=O)O)ccc1C. The van der Waals surface area contributed by atoms with Crippen molar-refractivity contribution in [2.24, 2.45) is 5.41 Å². The van der Waals surface area contributed by atoms with Crippen LogP contribution in [0, 0.1) is 12.3 Å². The molecule has 0 bridgehead atoms. The molecule has 0 aliphatic carbocycles. The fourth-order valence-electron chi connectivity index (χ4n) is 4.01. The standard InChI is InChI=1S/C28H34O2S/c1-6-7-11-21-16-22(15-14-19(21)2)23-17-25(20-12-9-8-10-13-20)31-26(23)24(27(29)30)18-28(3,4)5/h8-10,12-17,24H,6-7,11,18H2,1-5H3,(H,29,30). The van der Waals surface area contributed by atoms with Crippen molar-refractivity contribution in [1.29, 1.82) is 0 Å². The second-order valence-corrected chi connectivity index (χ2v) is 10.7. The van der Waals surface area contributed by atoms with Crippen molar-refractivity contribution in [3.8, 4) is 21.6 Å². The molecule has 0 aliphatic rings. The van der Waals surface area contributed by atoms with Gasteiger partial charge in [0.05, 0.1) is 5.92 Å². The Balaban J connectivity index is 2.16. The highest BCUT2D eigenvalue weighted by atomic mass is 32.1. The van der Waals surface area contributed by atoms with Crippen molar-refractivity contribution in [3.63, 3.8) is 0 Å². The van der Waals surface area contributed by atoms with Crippen molar-refractivity contribution >= 4 is 17.3 Å². The Morgan fingerprint density at radius 2 is 1.74 bits per heavy atom. The predicted octanol–water partition coefficient (Wildman–Crippen LogP) is 8.34. The lowest BCUT2D eigenvalue weighted by molar-refractivity contribution is -0.139. The van der Waals surface area contributed by atoms with Crippen molar-refractivity contribution in [3.05, 3.63) is 70.6 Å². The van der Waals surface area contributed by atoms with E-state index < -0.39 is 11.9 Å². The van der Waals surface area contributed by atoms with E-state index in [1.165, 1.54) is 11.1 Å². The lowest BCUT2D eigenvalue weighted by atomic mass is 9.82. The fraction of sp³-hybridized carbons (Fsp3) is 0.393. The number of carboxylic acids is 1. The summed E-state index contributed by atoms with van der Waals surface area (Å²) in [5, 5.41) is 10.2. The largest absolute Gasteiger partial charge is 0.481 e. The molecule has 0 fully saturated rings. The van der Waals surface area contributed by atoms with E-state index in [2.05, 4.69) is 71.0 Å². The average Bonchev–Trinajstić information content (AvgIpc) is 3.16. The molecule has 2 nitrogen and oxygen atoms in total. The van der Waals surface area contributed by atoms with E-state index in [1.807, 2.05) is 18.2 Å². The van der Waals surface area contributed by atoms with Gasteiger partial charge in [-0.15, -0.1) is 11.3 Å². The van der Waals surface area contributed by atoms with Crippen molar-refractivity contribution in [2.75, 3.05) is 0 Å². The molecule has 1 aromatic heterocycles. The molecule has 1 heterocycles. The van der Waals surface area contributed by atoms with E-state index in [0.717, 1.165) is 45.7 Å². The lowest BCUT2D eigenvalue weighted by Gasteiger charge is -2.23. The van der Waals surface area contributed by atoms with Crippen LogP contribution in [0.3, 0.4) is 0 Å². The predicted molar refractivity (Wildman–Crippen MR) is 133 cm³/mol. The van der Waals surface area contributed by atoms with E-state index in [0.29, 0.717) is 6.42 Å². The first-order valence-corrected chi connectivity index (χ1v) is 12.0. The van der Waals surface area contributed by atoms with Gasteiger partial charge in [0.15, 0.2) is 0 Å². The van der Waals surface area contributed by atoms with E-state index in [1.54, 1.807) is 11.3 Å². The number of carboxylic acid groups (broad SMARTS) is 1. The van der Waals surface area contributed by atoms with Crippen LogP contribution in [0.4, 0.5) is 0 Å². The fourth-order valence-corrected chi connectivity index (χ4v) is 5.30. The van der Waals surface area contributed by atoms with Gasteiger partial charge in [-0.05, 0) is 65.5 Å². The molecule has 0 spiro atoms. The number of aryl methyl sites for hydroxylation is 2. The third kappa shape index (κ3) is 5.86. The van der Waals surface area contributed by atoms with Crippen LogP contribution in [0.1, 0.15) is 68.9 Å². The van der Waals surface area contributed by atoms with Gasteiger partial charge < -0.3 is 5.11 Å². The highest BCUT2D eigenvalue weighted by molar-refractivity contribution is 7.16. The molecule has 3 rings (SSSR count). The summed E-state index contributed by atoms with van der Waals surface area (Å²) in [6.07, 6.45) is 4.00. The first-order chi connectivity index (χ1) is 14.7. The summed E-state index contributed by atoms with van der Waals surface area (Å²) < 4.78 is 0. The smallest absolute Gasteiger partial charge is 0.311 e. The Bertz CT molecular complexity index is 1020. The molecular weight excluding hydrogens is 400 g/mol. The summed E-state index contributed by atoms with van der Waals surface area (Å²) in [7, 11) is 0. The van der Waals surface area contributed by atoms with Crippen molar-refractivity contribution in [1.82, 2.24) is 0 Å². The first-order valence-electron chi connectivity index (χ1n) is 11.2. The lowest BCUT2D eigenvalue weighted by Crippen LogP contribution is -2.18. The average molecular weight is 435 g/mol. The van der Waals surface area contributed by atoms with Gasteiger partial charge in [-0.2, -0.15) is 0 Å². The van der Waals surface area contributed by atoms with Crippen molar-refractivity contribution in [2.45, 2.75) is 66.2 Å². The topological polar surface area (TPSA) is 37.3 Å². The maximum absolute atomic E-state index is 12.4. The zero-order valence-corrected chi connectivity index (χ0v) is 20.2. The summed E-state index contributed by atoms with van der Waals surface area (Å²) in [6.45, 7) is 10.7. The number of hydrogen-bond acceptors (Lipinski definition) is 2. The van der Waals surface area contributed by atoms with Crippen molar-refractivity contribution < 1.29 is 9.90 Å². The monoisotopic (exact) mass is 434 g/mol. The van der Waals surface area contributed by atoms with Gasteiger partial charge in [-0.25, -0.2) is 0 Å². The van der Waals surface area contributed by atoms with Gasteiger partial charge in [0.1, 0.15) is 0 Å². The van der Waals surface area contributed by atoms with Crippen LogP contribution < -0.4 is 0 Å². The van der Waals surface area contributed by atoms with E-state index in [-0.39, 0.29) is 5.41 Å². The number of benzene rings is 2. The Morgan fingerprint density at radius 1 is 1.03 bits per heavy atom. The minimum atomic E-state index is -0.740. The maximum atomic E-state index is 12.4. The molecule has 3 heteroatoms. The van der Waals surface area contributed by atoms with Gasteiger partial charge in [0, 0.05) is 9.75 Å². The molecule has 1 atom stereocenters. The molecule has 0 radical (unpaired) electrons. The number of thiophene rings is 1. The number of hydrogen-bond donors (Lipinski definition) is 1. The maximum Gasteiger partial charge on any atom is 0.311 e. The second kappa shape index (κ2) is 9.82. The normalized spacial score (nSPS) is 12.7. The summed E-state index contributed by atoms with van der Waals surface area (Å²) in [5.74, 6) is -1.26. The second-order valence-electron chi connectivity index (χ2n) is 9.66. The number of carbonyl (C=O) groups is 1. The van der Waals surface area contributed by atoms with Gasteiger partial charge in [-0.1, -0.05) is 82.6 Å². The molecular formula is C28H34O2S. The Hall–Kier alpha value is -2.39. The Kier molecular flexibility index (Phi) is 7.38. The number of unbranched alkanes of at least 4 members (excludes halogenated alkanes) is 1. The summed E-state index contributed by atoms with van der Waals surface area (Å²) in [5.41, 5.74) is 5.93. The quantitative estimate of drug-likeness (QED) is 0.387. The number of rotatable bonds is 8. The minimum absolute atomic E-state index is 0.0726. The van der Waals surface area contributed by atoms with Gasteiger partial charge >= 0.3 is 5.97 Å². The molecule has 2 aromatic carbocycles. The van der Waals surface area contributed by atoms with Crippen LogP contribution >= 0.6 is 11.3 Å². The van der Waals surface area contributed by atoms with Crippen LogP contribution in [0.25, 0.3) is 21.6 Å². The summed E-state index contributed by atoms with van der Waals surface area (Å²) in [4.78, 5) is 14.5. The van der Waals surface area contributed by atoms with E-state index in [4.69, 9.17) is 0 Å². The zero-order valence-electron chi connectivity index (χ0n) is 19.4. The van der Waals surface area contributed by atoms with Gasteiger partial charge in [-0.3, -0.25) is 4.79 Å². The third-order valence-corrected chi connectivity index (χ3v) is 7.01. The van der Waals surface area contributed by atoms with E-state index >= 15 is 0 Å². The highest BCUT2D eigenvalue weighted by Gasteiger charge is 2.30. The molecule has 3 aromatic rings. The first kappa shape index (κ1) is 23.3. The molecule has 0 saturated carbocycles.